The topological polar surface area (TPSA) is 37.4 Å². The molecule has 2 bridgehead atoms. The molecule has 3 nitrogen and oxygen atoms in total. The molecule has 128 valence electrons. The van der Waals surface area contributed by atoms with Gasteiger partial charge in [-0.15, -0.1) is 0 Å². The minimum atomic E-state index is -3.50. The third-order valence-corrected chi connectivity index (χ3v) is 7.91. The monoisotopic (exact) mass is 363 g/mol. The molecule has 2 unspecified atom stereocenters. The van der Waals surface area contributed by atoms with Gasteiger partial charge in [0.25, 0.3) is 0 Å². The van der Waals surface area contributed by atoms with Crippen LogP contribution in [0.1, 0.15) is 38.5 Å². The van der Waals surface area contributed by atoms with Crippen molar-refractivity contribution in [3.05, 3.63) is 41.4 Å². The van der Waals surface area contributed by atoms with E-state index < -0.39 is 10.0 Å². The Morgan fingerprint density at radius 1 is 0.958 bits per heavy atom. The summed E-state index contributed by atoms with van der Waals surface area (Å²) in [5.74, 6) is 0.700. The van der Waals surface area contributed by atoms with Crippen molar-refractivity contribution in [2.24, 2.45) is 5.92 Å². The summed E-state index contributed by atoms with van der Waals surface area (Å²) >= 11 is 6.27. The van der Waals surface area contributed by atoms with Crippen LogP contribution in [-0.4, -0.2) is 25.3 Å². The van der Waals surface area contributed by atoms with Crippen LogP contribution in [0.15, 0.2) is 41.3 Å². The number of rotatable bonds is 2. The number of hydrogen-bond acceptors (Lipinski definition) is 2. The molecule has 0 spiro atoms. The van der Waals surface area contributed by atoms with Gasteiger partial charge in [0.2, 0.25) is 10.0 Å². The fourth-order valence-corrected chi connectivity index (χ4v) is 6.57. The molecule has 2 fully saturated rings. The minimum absolute atomic E-state index is 0.158. The van der Waals surface area contributed by atoms with Gasteiger partial charge in [0, 0.05) is 28.4 Å². The first-order chi connectivity index (χ1) is 11.6. The van der Waals surface area contributed by atoms with Crippen molar-refractivity contribution in [2.75, 3.05) is 6.54 Å². The molecule has 2 aromatic rings. The summed E-state index contributed by atoms with van der Waals surface area (Å²) in [7, 11) is -3.50. The van der Waals surface area contributed by atoms with Crippen molar-refractivity contribution >= 4 is 32.4 Å². The molecule has 2 aromatic carbocycles. The molecule has 0 N–H and O–H groups in total. The number of nitrogens with zero attached hydrogens (tertiary/aromatic N) is 1. The van der Waals surface area contributed by atoms with Gasteiger partial charge in [-0.2, -0.15) is 4.31 Å². The van der Waals surface area contributed by atoms with E-state index in [2.05, 4.69) is 0 Å². The van der Waals surface area contributed by atoms with Gasteiger partial charge >= 0.3 is 0 Å². The summed E-state index contributed by atoms with van der Waals surface area (Å²) in [5.41, 5.74) is 0. The fourth-order valence-electron chi connectivity index (χ4n) is 4.42. The van der Waals surface area contributed by atoms with Crippen LogP contribution in [0.25, 0.3) is 10.8 Å². The van der Waals surface area contributed by atoms with Crippen molar-refractivity contribution in [3.63, 3.8) is 0 Å². The third kappa shape index (κ3) is 2.75. The Kier molecular flexibility index (Phi) is 4.31. The van der Waals surface area contributed by atoms with Crippen LogP contribution >= 0.6 is 11.6 Å². The van der Waals surface area contributed by atoms with Gasteiger partial charge in [0.15, 0.2) is 0 Å². The quantitative estimate of drug-likeness (QED) is 0.765. The maximum atomic E-state index is 13.4. The first kappa shape index (κ1) is 16.4. The van der Waals surface area contributed by atoms with Gasteiger partial charge in [0.05, 0.1) is 4.90 Å². The molecule has 1 aliphatic carbocycles. The zero-order chi connectivity index (χ0) is 16.7. The van der Waals surface area contributed by atoms with E-state index in [0.717, 1.165) is 42.9 Å². The molecule has 5 heteroatoms. The first-order valence-electron chi connectivity index (χ1n) is 8.76. The van der Waals surface area contributed by atoms with Crippen molar-refractivity contribution in [2.45, 2.75) is 49.5 Å². The van der Waals surface area contributed by atoms with E-state index in [-0.39, 0.29) is 6.04 Å². The van der Waals surface area contributed by atoms with Crippen molar-refractivity contribution in [1.29, 1.82) is 0 Å². The third-order valence-electron chi connectivity index (χ3n) is 5.57. The first-order valence-corrected chi connectivity index (χ1v) is 10.6. The largest absolute Gasteiger partial charge is 0.243 e. The number of fused-ring (bicyclic) bond motifs is 3. The van der Waals surface area contributed by atoms with Crippen molar-refractivity contribution in [3.8, 4) is 0 Å². The Morgan fingerprint density at radius 3 is 2.58 bits per heavy atom. The highest BCUT2D eigenvalue weighted by molar-refractivity contribution is 7.89. The molecule has 0 radical (unpaired) electrons. The Morgan fingerprint density at radius 2 is 1.71 bits per heavy atom. The predicted octanol–water partition coefficient (Wildman–Crippen LogP) is 4.84. The fraction of sp³-hybridized carbons (Fsp3) is 0.474. The van der Waals surface area contributed by atoms with Gasteiger partial charge < -0.3 is 0 Å². The number of benzene rings is 2. The summed E-state index contributed by atoms with van der Waals surface area (Å²) in [5, 5.41) is 2.12. The van der Waals surface area contributed by atoms with E-state index in [1.807, 2.05) is 18.2 Å². The molecule has 24 heavy (non-hydrogen) atoms. The molecule has 1 heterocycles. The van der Waals surface area contributed by atoms with Crippen LogP contribution in [0.3, 0.4) is 0 Å². The van der Waals surface area contributed by atoms with Crippen LogP contribution in [0.2, 0.25) is 5.02 Å². The lowest BCUT2D eigenvalue weighted by Crippen LogP contribution is -2.41. The molecule has 1 saturated heterocycles. The smallest absolute Gasteiger partial charge is 0.207 e. The highest BCUT2D eigenvalue weighted by Crippen LogP contribution is 2.38. The SMILES string of the molecule is O=S(=O)(c1cccc2c(Cl)cccc12)N1CCCC2CCCC1C2. The molecule has 1 saturated carbocycles. The summed E-state index contributed by atoms with van der Waals surface area (Å²) < 4.78 is 28.7. The second kappa shape index (κ2) is 6.32. The second-order valence-electron chi connectivity index (χ2n) is 7.04. The molecule has 0 aromatic heterocycles. The van der Waals surface area contributed by atoms with Crippen LogP contribution in [0.5, 0.6) is 0 Å². The maximum absolute atomic E-state index is 13.4. The summed E-state index contributed by atoms with van der Waals surface area (Å²) in [4.78, 5) is 0.395. The Balaban J connectivity index is 1.81. The molecule has 4 rings (SSSR count). The van der Waals surface area contributed by atoms with E-state index >= 15 is 0 Å². The van der Waals surface area contributed by atoms with E-state index in [1.165, 1.54) is 6.42 Å². The summed E-state index contributed by atoms with van der Waals surface area (Å²) in [6, 6.07) is 11.0. The van der Waals surface area contributed by atoms with Crippen LogP contribution in [0, 0.1) is 5.92 Å². The minimum Gasteiger partial charge on any atom is -0.207 e. The van der Waals surface area contributed by atoms with Gasteiger partial charge in [-0.3, -0.25) is 0 Å². The van der Waals surface area contributed by atoms with Gasteiger partial charge in [-0.25, -0.2) is 8.42 Å². The standard InChI is InChI=1S/C19H22ClNO2S/c20-18-10-2-9-17-16(18)8-3-11-19(17)24(22,23)21-12-4-6-14-5-1-7-15(21)13-14/h2-3,8-11,14-15H,1,4-7,12-13H2. The number of sulfonamides is 1. The normalized spacial score (nSPS) is 25.5. The van der Waals surface area contributed by atoms with Gasteiger partial charge in [-0.05, 0) is 43.7 Å². The van der Waals surface area contributed by atoms with Gasteiger partial charge in [0.1, 0.15) is 0 Å². The lowest BCUT2D eigenvalue weighted by molar-refractivity contribution is 0.239. The lowest BCUT2D eigenvalue weighted by atomic mass is 9.84. The Labute approximate surface area is 148 Å². The second-order valence-corrected chi connectivity index (χ2v) is 9.30. The summed E-state index contributed by atoms with van der Waals surface area (Å²) in [6.45, 7) is 0.639. The van der Waals surface area contributed by atoms with Crippen molar-refractivity contribution < 1.29 is 8.42 Å². The highest BCUT2D eigenvalue weighted by Gasteiger charge is 2.37. The van der Waals surface area contributed by atoms with E-state index in [1.54, 1.807) is 22.5 Å². The van der Waals surface area contributed by atoms with Crippen molar-refractivity contribution in [1.82, 2.24) is 4.31 Å². The Hall–Kier alpha value is -1.10. The Bertz CT molecular complexity index is 865. The molecule has 0 amide bonds. The molecule has 1 aliphatic heterocycles. The number of hydrogen-bond donors (Lipinski definition) is 0. The van der Waals surface area contributed by atoms with Gasteiger partial charge in [-0.1, -0.05) is 48.7 Å². The average Bonchev–Trinajstić information content (AvgIpc) is 2.73. The van der Waals surface area contributed by atoms with Crippen LogP contribution in [-0.2, 0) is 10.0 Å². The average molecular weight is 364 g/mol. The maximum Gasteiger partial charge on any atom is 0.243 e. The molecule has 2 atom stereocenters. The van der Waals surface area contributed by atoms with Crippen LogP contribution < -0.4 is 0 Å². The zero-order valence-corrected chi connectivity index (χ0v) is 15.2. The van der Waals surface area contributed by atoms with Crippen LogP contribution in [0.4, 0.5) is 0 Å². The molecule has 2 aliphatic rings. The van der Waals surface area contributed by atoms with E-state index in [9.17, 15) is 8.42 Å². The number of halogens is 1. The lowest BCUT2D eigenvalue weighted by Gasteiger charge is -2.33. The molecular weight excluding hydrogens is 342 g/mol. The van der Waals surface area contributed by atoms with E-state index in [0.29, 0.717) is 22.4 Å². The highest BCUT2D eigenvalue weighted by atomic mass is 35.5. The summed E-state index contributed by atoms with van der Waals surface area (Å²) in [6.07, 6.45) is 6.53. The predicted molar refractivity (Wildman–Crippen MR) is 97.8 cm³/mol. The zero-order valence-electron chi connectivity index (χ0n) is 13.6. The molecular formula is C19H22ClNO2S. The van der Waals surface area contributed by atoms with E-state index in [4.69, 9.17) is 11.6 Å².